The molecule has 3 N–H and O–H groups in total. The molecule has 98 valence electrons. The van der Waals surface area contributed by atoms with Crippen LogP contribution in [0.3, 0.4) is 0 Å². The summed E-state index contributed by atoms with van der Waals surface area (Å²) in [5.74, 6) is -0.320. The van der Waals surface area contributed by atoms with Gasteiger partial charge in [0, 0.05) is 0 Å². The van der Waals surface area contributed by atoms with Crippen LogP contribution in [0.25, 0.3) is 0 Å². The molecule has 0 bridgehead atoms. The first-order valence-electron chi connectivity index (χ1n) is 5.70. The highest BCUT2D eigenvalue weighted by Crippen LogP contribution is 1.99. The normalized spacial score (nSPS) is 9.89. The number of hydrogen-bond acceptors (Lipinski definition) is 4. The van der Waals surface area contributed by atoms with Crippen LogP contribution in [-0.4, -0.2) is 33.5 Å². The third-order valence-electron chi connectivity index (χ3n) is 2.33. The van der Waals surface area contributed by atoms with Gasteiger partial charge in [0.25, 0.3) is 0 Å². The number of anilines is 1. The highest BCUT2D eigenvalue weighted by molar-refractivity contribution is 5.93. The predicted molar refractivity (Wildman–Crippen MR) is 68.2 cm³/mol. The predicted octanol–water partition coefficient (Wildman–Crippen LogP) is 0.102. The molecule has 2 rings (SSSR count). The summed E-state index contributed by atoms with van der Waals surface area (Å²) in [7, 11) is 0. The molecule has 7 nitrogen and oxygen atoms in total. The van der Waals surface area contributed by atoms with Crippen LogP contribution in [0.15, 0.2) is 36.7 Å². The minimum Gasteiger partial charge on any atom is -0.347 e. The average molecular weight is 259 g/mol. The van der Waals surface area contributed by atoms with E-state index in [9.17, 15) is 9.59 Å². The number of aromatic nitrogens is 3. The molecule has 0 aliphatic carbocycles. The molecule has 0 spiro atoms. The Morgan fingerprint density at radius 2 is 1.95 bits per heavy atom. The van der Waals surface area contributed by atoms with E-state index < -0.39 is 0 Å². The smallest absolute Gasteiger partial charge is 0.246 e. The second kappa shape index (κ2) is 6.29. The Morgan fingerprint density at radius 1 is 1.16 bits per heavy atom. The molecular weight excluding hydrogens is 246 g/mol. The average Bonchev–Trinajstić information content (AvgIpc) is 2.90. The number of hydrogen-bond donors (Lipinski definition) is 3. The lowest BCUT2D eigenvalue weighted by atomic mass is 10.1. The lowest BCUT2D eigenvalue weighted by Crippen LogP contribution is -2.34. The van der Waals surface area contributed by atoms with Crippen molar-refractivity contribution < 1.29 is 9.59 Å². The molecule has 0 saturated carbocycles. The zero-order valence-electron chi connectivity index (χ0n) is 10.1. The van der Waals surface area contributed by atoms with Gasteiger partial charge in [0.05, 0.1) is 13.0 Å². The zero-order valence-corrected chi connectivity index (χ0v) is 10.1. The van der Waals surface area contributed by atoms with E-state index in [1.165, 1.54) is 6.33 Å². The number of rotatable bonds is 5. The van der Waals surface area contributed by atoms with E-state index in [2.05, 4.69) is 25.8 Å². The highest BCUT2D eigenvalue weighted by Gasteiger charge is 2.07. The van der Waals surface area contributed by atoms with Gasteiger partial charge in [-0.25, -0.2) is 5.10 Å². The van der Waals surface area contributed by atoms with Crippen molar-refractivity contribution >= 4 is 17.8 Å². The molecule has 2 amide bonds. The zero-order chi connectivity index (χ0) is 13.5. The monoisotopic (exact) mass is 259 g/mol. The maximum Gasteiger partial charge on any atom is 0.246 e. The summed E-state index contributed by atoms with van der Waals surface area (Å²) in [4.78, 5) is 26.8. The Balaban J connectivity index is 1.73. The minimum atomic E-state index is -0.363. The summed E-state index contributed by atoms with van der Waals surface area (Å²) in [5, 5.41) is 11.1. The first-order chi connectivity index (χ1) is 9.24. The fourth-order valence-corrected chi connectivity index (χ4v) is 1.46. The first kappa shape index (κ1) is 12.7. The van der Waals surface area contributed by atoms with Gasteiger partial charge in [-0.2, -0.15) is 10.1 Å². The highest BCUT2D eigenvalue weighted by atomic mass is 16.2. The number of amides is 2. The van der Waals surface area contributed by atoms with Crippen molar-refractivity contribution in [2.45, 2.75) is 6.42 Å². The van der Waals surface area contributed by atoms with Crippen LogP contribution < -0.4 is 10.6 Å². The summed E-state index contributed by atoms with van der Waals surface area (Å²) < 4.78 is 0. The fraction of sp³-hybridized carbons (Fsp3) is 0.167. The number of carbonyl (C=O) groups is 2. The second-order valence-corrected chi connectivity index (χ2v) is 3.82. The molecular formula is C12H13N5O2. The van der Waals surface area contributed by atoms with E-state index in [-0.39, 0.29) is 30.7 Å². The Hall–Kier alpha value is -2.70. The van der Waals surface area contributed by atoms with E-state index in [1.807, 2.05) is 30.3 Å². The van der Waals surface area contributed by atoms with Gasteiger partial charge in [0.2, 0.25) is 17.8 Å². The number of nitrogens with zero attached hydrogens (tertiary/aromatic N) is 2. The van der Waals surface area contributed by atoms with Crippen molar-refractivity contribution in [1.82, 2.24) is 20.5 Å². The largest absolute Gasteiger partial charge is 0.347 e. The maximum absolute atomic E-state index is 11.6. The van der Waals surface area contributed by atoms with Crippen molar-refractivity contribution in [3.8, 4) is 0 Å². The molecule has 2 aromatic rings. The summed E-state index contributed by atoms with van der Waals surface area (Å²) >= 11 is 0. The minimum absolute atomic E-state index is 0.105. The van der Waals surface area contributed by atoms with Gasteiger partial charge >= 0.3 is 0 Å². The van der Waals surface area contributed by atoms with Gasteiger partial charge in [0.1, 0.15) is 6.33 Å². The van der Waals surface area contributed by atoms with Crippen LogP contribution in [0.2, 0.25) is 0 Å². The van der Waals surface area contributed by atoms with Crippen LogP contribution in [0, 0.1) is 0 Å². The molecule has 0 atom stereocenters. The Kier molecular flexibility index (Phi) is 4.22. The second-order valence-electron chi connectivity index (χ2n) is 3.82. The van der Waals surface area contributed by atoms with Crippen LogP contribution in [-0.2, 0) is 16.0 Å². The van der Waals surface area contributed by atoms with Crippen LogP contribution >= 0.6 is 0 Å². The van der Waals surface area contributed by atoms with Crippen molar-refractivity contribution in [1.29, 1.82) is 0 Å². The third-order valence-corrected chi connectivity index (χ3v) is 2.33. The number of aromatic amines is 1. The molecule has 0 radical (unpaired) electrons. The first-order valence-corrected chi connectivity index (χ1v) is 5.70. The molecule has 1 aromatic carbocycles. The number of nitrogens with one attached hydrogen (secondary N) is 3. The Labute approximate surface area is 109 Å². The van der Waals surface area contributed by atoms with Gasteiger partial charge in [-0.1, -0.05) is 30.3 Å². The molecule has 0 aliphatic rings. The topological polar surface area (TPSA) is 99.8 Å². The Morgan fingerprint density at radius 3 is 2.63 bits per heavy atom. The van der Waals surface area contributed by atoms with Crippen molar-refractivity contribution in [2.24, 2.45) is 0 Å². The van der Waals surface area contributed by atoms with Gasteiger partial charge in [-0.3, -0.25) is 14.9 Å². The van der Waals surface area contributed by atoms with E-state index in [0.717, 1.165) is 5.56 Å². The Bertz CT molecular complexity index is 539. The van der Waals surface area contributed by atoms with E-state index in [0.29, 0.717) is 0 Å². The van der Waals surface area contributed by atoms with Gasteiger partial charge in [0.15, 0.2) is 0 Å². The molecule has 0 unspecified atom stereocenters. The third kappa shape index (κ3) is 4.23. The van der Waals surface area contributed by atoms with Crippen LogP contribution in [0.5, 0.6) is 0 Å². The van der Waals surface area contributed by atoms with Gasteiger partial charge < -0.3 is 5.32 Å². The number of carbonyl (C=O) groups excluding carboxylic acids is 2. The molecule has 7 heteroatoms. The SMILES string of the molecule is O=C(Cc1ccccc1)NCC(=O)Nc1ncn[nH]1. The van der Waals surface area contributed by atoms with E-state index in [1.54, 1.807) is 0 Å². The molecule has 0 aliphatic heterocycles. The van der Waals surface area contributed by atoms with E-state index >= 15 is 0 Å². The van der Waals surface area contributed by atoms with Crippen molar-refractivity contribution in [2.75, 3.05) is 11.9 Å². The van der Waals surface area contributed by atoms with Crippen molar-refractivity contribution in [3.63, 3.8) is 0 Å². The van der Waals surface area contributed by atoms with Gasteiger partial charge in [-0.15, -0.1) is 0 Å². The fourth-order valence-electron chi connectivity index (χ4n) is 1.46. The molecule has 1 aromatic heterocycles. The number of benzene rings is 1. The summed E-state index contributed by atoms with van der Waals surface area (Å²) in [6.07, 6.45) is 1.53. The van der Waals surface area contributed by atoms with Crippen LogP contribution in [0.1, 0.15) is 5.56 Å². The summed E-state index contributed by atoms with van der Waals surface area (Å²) in [6, 6.07) is 9.31. The number of H-pyrrole nitrogens is 1. The molecule has 0 fully saturated rings. The van der Waals surface area contributed by atoms with Crippen molar-refractivity contribution in [3.05, 3.63) is 42.2 Å². The molecule has 0 saturated heterocycles. The summed E-state index contributed by atoms with van der Waals surface area (Å²) in [5.41, 5.74) is 0.899. The van der Waals surface area contributed by atoms with Gasteiger partial charge in [-0.05, 0) is 5.56 Å². The summed E-state index contributed by atoms with van der Waals surface area (Å²) in [6.45, 7) is -0.105. The lowest BCUT2D eigenvalue weighted by molar-refractivity contribution is -0.123. The molecule has 19 heavy (non-hydrogen) atoms. The lowest BCUT2D eigenvalue weighted by Gasteiger charge is -2.05. The maximum atomic E-state index is 11.6. The molecule has 1 heterocycles. The quantitative estimate of drug-likeness (QED) is 0.709. The van der Waals surface area contributed by atoms with Crippen LogP contribution in [0.4, 0.5) is 5.95 Å². The van der Waals surface area contributed by atoms with E-state index in [4.69, 9.17) is 0 Å². The standard InChI is InChI=1S/C12H13N5O2/c18-10(6-9-4-2-1-3-5-9)13-7-11(19)16-12-14-8-15-17-12/h1-5,8H,6-7H2,(H,13,18)(H2,14,15,16,17,19).